The van der Waals surface area contributed by atoms with Crippen LogP contribution in [0.15, 0.2) is 53.4 Å². The highest BCUT2D eigenvalue weighted by molar-refractivity contribution is 7.89. The molecule has 2 fully saturated rings. The number of rotatable bonds is 5. The number of nitrogens with one attached hydrogen (secondary N) is 2. The number of aromatic nitrogens is 1. The van der Waals surface area contributed by atoms with Crippen molar-refractivity contribution in [1.82, 2.24) is 14.6 Å². The molecule has 10 heteroatoms. The summed E-state index contributed by atoms with van der Waals surface area (Å²) in [5.41, 5.74) is 0.905. The quantitative estimate of drug-likeness (QED) is 0.527. The fraction of sp³-hybridized carbons (Fsp3) is 0.391. The van der Waals surface area contributed by atoms with Gasteiger partial charge < -0.3 is 10.3 Å². The van der Waals surface area contributed by atoms with Gasteiger partial charge in [0.25, 0.3) is 0 Å². The summed E-state index contributed by atoms with van der Waals surface area (Å²) in [5, 5.41) is 4.31. The second-order valence-electron chi connectivity index (χ2n) is 8.86. The van der Waals surface area contributed by atoms with E-state index in [9.17, 15) is 26.0 Å². The standard InChI is InChI=1S/C23H23F4N3O2S/c24-17-4-8-21-15(9-17)10-18(29-21)11-28-22-7-1-14-12-30(13-20(14)22)33(31,32)19-5-2-16(3-6-19)23(25,26)27/h2-6,8-10,14,20,22,28-29H,1,7,11-13H2. The normalized spacial score (nSPS) is 23.9. The van der Waals surface area contributed by atoms with Crippen molar-refractivity contribution >= 4 is 20.9 Å². The first-order chi connectivity index (χ1) is 15.6. The summed E-state index contributed by atoms with van der Waals surface area (Å²) in [5.74, 6) is 0.0551. The van der Waals surface area contributed by atoms with Gasteiger partial charge in [-0.25, -0.2) is 12.8 Å². The predicted octanol–water partition coefficient (Wildman–Crippen LogP) is 4.51. The first-order valence-electron chi connectivity index (χ1n) is 10.8. The Bertz CT molecular complexity index is 1270. The molecule has 176 valence electrons. The molecule has 3 atom stereocenters. The summed E-state index contributed by atoms with van der Waals surface area (Å²) in [6.45, 7) is 1.26. The smallest absolute Gasteiger partial charge is 0.357 e. The molecule has 1 aromatic heterocycles. The maximum Gasteiger partial charge on any atom is 0.416 e. The molecule has 2 aliphatic rings. The van der Waals surface area contributed by atoms with Gasteiger partial charge in [0.05, 0.1) is 10.5 Å². The van der Waals surface area contributed by atoms with Crippen LogP contribution < -0.4 is 5.32 Å². The van der Waals surface area contributed by atoms with Crippen molar-refractivity contribution in [1.29, 1.82) is 0 Å². The van der Waals surface area contributed by atoms with Crippen LogP contribution in [0, 0.1) is 17.7 Å². The number of nitrogens with zero attached hydrogens (tertiary/aromatic N) is 1. The van der Waals surface area contributed by atoms with E-state index in [-0.39, 0.29) is 28.6 Å². The molecular weight excluding hydrogens is 458 g/mol. The first kappa shape index (κ1) is 22.4. The van der Waals surface area contributed by atoms with E-state index in [1.54, 1.807) is 6.07 Å². The monoisotopic (exact) mass is 481 g/mol. The highest BCUT2D eigenvalue weighted by Crippen LogP contribution is 2.40. The molecule has 2 aromatic carbocycles. The third-order valence-electron chi connectivity index (χ3n) is 6.84. The minimum absolute atomic E-state index is 0.120. The van der Waals surface area contributed by atoms with Crippen LogP contribution in [0.3, 0.4) is 0 Å². The molecule has 2 heterocycles. The summed E-state index contributed by atoms with van der Waals surface area (Å²) in [4.78, 5) is 3.14. The van der Waals surface area contributed by atoms with E-state index in [1.165, 1.54) is 16.4 Å². The summed E-state index contributed by atoms with van der Waals surface area (Å²) in [6, 6.07) is 10.3. The number of alkyl halides is 3. The van der Waals surface area contributed by atoms with Gasteiger partial charge in [-0.05, 0) is 73.2 Å². The molecule has 0 bridgehead atoms. The largest absolute Gasteiger partial charge is 0.416 e. The van der Waals surface area contributed by atoms with Crippen molar-refractivity contribution in [3.63, 3.8) is 0 Å². The number of hydrogen-bond acceptors (Lipinski definition) is 3. The maximum absolute atomic E-state index is 13.4. The van der Waals surface area contributed by atoms with Crippen LogP contribution in [0.4, 0.5) is 17.6 Å². The molecule has 3 aromatic rings. The predicted molar refractivity (Wildman–Crippen MR) is 115 cm³/mol. The Kier molecular flexibility index (Phi) is 5.49. The summed E-state index contributed by atoms with van der Waals surface area (Å²) in [6.07, 6.45) is -2.69. The van der Waals surface area contributed by atoms with E-state index in [4.69, 9.17) is 0 Å². The Morgan fingerprint density at radius 2 is 1.79 bits per heavy atom. The molecule has 1 saturated carbocycles. The minimum Gasteiger partial charge on any atom is -0.357 e. The van der Waals surface area contributed by atoms with Gasteiger partial charge in [0.15, 0.2) is 0 Å². The van der Waals surface area contributed by atoms with Gasteiger partial charge in [0, 0.05) is 42.3 Å². The summed E-state index contributed by atoms with van der Waals surface area (Å²) < 4.78 is 79.3. The molecule has 5 rings (SSSR count). The highest BCUT2D eigenvalue weighted by atomic mass is 32.2. The molecule has 2 N–H and O–H groups in total. The minimum atomic E-state index is -4.51. The second kappa shape index (κ2) is 8.11. The van der Waals surface area contributed by atoms with Crippen LogP contribution >= 0.6 is 0 Å². The number of fused-ring (bicyclic) bond motifs is 2. The molecule has 0 amide bonds. The number of aromatic amines is 1. The van der Waals surface area contributed by atoms with E-state index in [0.29, 0.717) is 19.6 Å². The number of H-pyrrole nitrogens is 1. The van der Waals surface area contributed by atoms with Gasteiger partial charge >= 0.3 is 6.18 Å². The van der Waals surface area contributed by atoms with Crippen LogP contribution in [0.2, 0.25) is 0 Å². The first-order valence-corrected chi connectivity index (χ1v) is 12.2. The van der Waals surface area contributed by atoms with E-state index in [1.807, 2.05) is 6.07 Å². The van der Waals surface area contributed by atoms with E-state index >= 15 is 0 Å². The lowest BCUT2D eigenvalue weighted by molar-refractivity contribution is -0.137. The van der Waals surface area contributed by atoms with Crippen LogP contribution in [0.1, 0.15) is 24.1 Å². The lowest BCUT2D eigenvalue weighted by Gasteiger charge is -2.22. The van der Waals surface area contributed by atoms with Crippen LogP contribution in [-0.2, 0) is 22.7 Å². The molecule has 5 nitrogen and oxygen atoms in total. The molecule has 0 spiro atoms. The number of halogens is 4. The molecule has 1 aliphatic carbocycles. The fourth-order valence-electron chi connectivity index (χ4n) is 5.14. The van der Waals surface area contributed by atoms with Crippen LogP contribution in [0.25, 0.3) is 10.9 Å². The summed E-state index contributed by atoms with van der Waals surface area (Å²) >= 11 is 0. The fourth-order valence-corrected chi connectivity index (χ4v) is 6.67. The Morgan fingerprint density at radius 1 is 1.03 bits per heavy atom. The lowest BCUT2D eigenvalue weighted by Crippen LogP contribution is -2.36. The van der Waals surface area contributed by atoms with Crippen molar-refractivity contribution < 1.29 is 26.0 Å². The highest BCUT2D eigenvalue weighted by Gasteiger charge is 2.46. The van der Waals surface area contributed by atoms with Crippen molar-refractivity contribution in [2.24, 2.45) is 11.8 Å². The Labute approximate surface area is 188 Å². The molecule has 1 aliphatic heterocycles. The lowest BCUT2D eigenvalue weighted by atomic mass is 9.98. The topological polar surface area (TPSA) is 65.2 Å². The zero-order valence-corrected chi connectivity index (χ0v) is 18.4. The van der Waals surface area contributed by atoms with Gasteiger partial charge in [-0.3, -0.25) is 0 Å². The zero-order chi connectivity index (χ0) is 23.4. The van der Waals surface area contributed by atoms with Crippen molar-refractivity contribution in [2.75, 3.05) is 13.1 Å². The van der Waals surface area contributed by atoms with Gasteiger partial charge in [-0.2, -0.15) is 17.5 Å². The molecule has 33 heavy (non-hydrogen) atoms. The van der Waals surface area contributed by atoms with Crippen molar-refractivity contribution in [3.8, 4) is 0 Å². The number of benzene rings is 2. The molecule has 1 saturated heterocycles. The third-order valence-corrected chi connectivity index (χ3v) is 8.68. The Hall–Kier alpha value is -2.43. The van der Waals surface area contributed by atoms with Crippen LogP contribution in [0.5, 0.6) is 0 Å². The molecule has 0 radical (unpaired) electrons. The van der Waals surface area contributed by atoms with Gasteiger partial charge in [-0.1, -0.05) is 0 Å². The van der Waals surface area contributed by atoms with E-state index in [0.717, 1.165) is 53.7 Å². The van der Waals surface area contributed by atoms with E-state index < -0.39 is 21.8 Å². The average Bonchev–Trinajstić information content (AvgIpc) is 3.45. The maximum atomic E-state index is 13.4. The summed E-state index contributed by atoms with van der Waals surface area (Å²) in [7, 11) is -3.86. The molecule has 3 unspecified atom stereocenters. The SMILES string of the molecule is O=S(=O)(c1ccc(C(F)(F)F)cc1)N1CC2CCC(NCc3cc4cc(F)ccc4[nH]3)C2C1. The number of hydrogen-bond donors (Lipinski definition) is 2. The second-order valence-corrected chi connectivity index (χ2v) is 10.8. The van der Waals surface area contributed by atoms with Crippen molar-refractivity contribution in [3.05, 3.63) is 65.6 Å². The Morgan fingerprint density at radius 3 is 2.52 bits per heavy atom. The molecular formula is C23H23F4N3O2S. The van der Waals surface area contributed by atoms with Crippen LogP contribution in [-0.4, -0.2) is 36.8 Å². The van der Waals surface area contributed by atoms with Gasteiger partial charge in [0.1, 0.15) is 5.82 Å². The van der Waals surface area contributed by atoms with Gasteiger partial charge in [-0.15, -0.1) is 0 Å². The zero-order valence-electron chi connectivity index (χ0n) is 17.6. The average molecular weight is 482 g/mol. The number of sulfonamides is 1. The third kappa shape index (κ3) is 4.27. The van der Waals surface area contributed by atoms with E-state index in [2.05, 4.69) is 10.3 Å². The van der Waals surface area contributed by atoms with Gasteiger partial charge in [0.2, 0.25) is 10.0 Å². The Balaban J connectivity index is 1.25. The van der Waals surface area contributed by atoms with Crippen molar-refractivity contribution in [2.45, 2.75) is 36.5 Å².